The maximum Gasteiger partial charge on any atom is 0.264 e. The predicted octanol–water partition coefficient (Wildman–Crippen LogP) is 3.42. The third-order valence-corrected chi connectivity index (χ3v) is 4.59. The quantitative estimate of drug-likeness (QED) is 0.607. The average molecular weight is 359 g/mol. The summed E-state index contributed by atoms with van der Waals surface area (Å²) < 4.78 is 46.6. The number of ether oxygens (including phenoxy) is 1. The van der Waals surface area contributed by atoms with Crippen molar-refractivity contribution < 1.29 is 21.7 Å². The standard InChI is InChI=1S/C16H14ClFO4S/c1-23(19,20)21-10-16(11-6-8-12(18)9-7-11)15(22-16)13-4-2-3-5-14(13)17/h2-9,15H,10H2,1H3/t15-,16-/m1/s1/i16+2. The van der Waals surface area contributed by atoms with Crippen molar-refractivity contribution in [2.75, 3.05) is 12.9 Å². The van der Waals surface area contributed by atoms with Crippen LogP contribution < -0.4 is 0 Å². The van der Waals surface area contributed by atoms with Crippen LogP contribution in [0, 0.1) is 5.82 Å². The van der Waals surface area contributed by atoms with Gasteiger partial charge in [-0.15, -0.1) is 0 Å². The predicted molar refractivity (Wildman–Crippen MR) is 84.2 cm³/mol. The molecule has 0 unspecified atom stereocenters. The molecule has 2 aromatic carbocycles. The van der Waals surface area contributed by atoms with Crippen molar-refractivity contribution in [1.82, 2.24) is 0 Å². The van der Waals surface area contributed by atoms with E-state index in [1.807, 2.05) is 6.07 Å². The second-order valence-electron chi connectivity index (χ2n) is 5.38. The molecule has 122 valence electrons. The highest BCUT2D eigenvalue weighted by Crippen LogP contribution is 2.58. The van der Waals surface area contributed by atoms with Gasteiger partial charge in [0.15, 0.2) is 0 Å². The molecule has 0 bridgehead atoms. The van der Waals surface area contributed by atoms with E-state index in [-0.39, 0.29) is 12.4 Å². The first kappa shape index (κ1) is 16.4. The van der Waals surface area contributed by atoms with Gasteiger partial charge in [0.1, 0.15) is 24.1 Å². The summed E-state index contributed by atoms with van der Waals surface area (Å²) in [5.41, 5.74) is 0.366. The summed E-state index contributed by atoms with van der Waals surface area (Å²) in [4.78, 5) is 0. The van der Waals surface area contributed by atoms with Crippen LogP contribution in [0.2, 0.25) is 5.02 Å². The van der Waals surface area contributed by atoms with Crippen LogP contribution in [-0.4, -0.2) is 21.3 Å². The minimum atomic E-state index is -3.64. The van der Waals surface area contributed by atoms with Gasteiger partial charge in [-0.2, -0.15) is 8.42 Å². The smallest absolute Gasteiger partial charge is 0.264 e. The molecule has 0 radical (unpaired) electrons. The molecule has 0 N–H and O–H groups in total. The zero-order chi connectivity index (χ0) is 16.7. The molecular weight excluding hydrogens is 345 g/mol. The Balaban J connectivity index is 1.96. The van der Waals surface area contributed by atoms with Crippen LogP contribution in [0.4, 0.5) is 4.39 Å². The Bertz CT molecular complexity index is 822. The Morgan fingerprint density at radius 2 is 1.87 bits per heavy atom. The molecule has 2 atom stereocenters. The van der Waals surface area contributed by atoms with E-state index < -0.39 is 21.8 Å². The number of hydrogen-bond acceptors (Lipinski definition) is 4. The summed E-state index contributed by atoms with van der Waals surface area (Å²) in [7, 11) is -3.64. The zero-order valence-corrected chi connectivity index (χ0v) is 13.8. The van der Waals surface area contributed by atoms with E-state index in [0.29, 0.717) is 10.6 Å². The summed E-state index contributed by atoms with van der Waals surface area (Å²) in [6, 6.07) is 12.8. The lowest BCUT2D eigenvalue weighted by Gasteiger charge is -2.14. The van der Waals surface area contributed by atoms with E-state index in [4.69, 9.17) is 20.5 Å². The van der Waals surface area contributed by atoms with Crippen molar-refractivity contribution in [2.24, 2.45) is 0 Å². The largest absolute Gasteiger partial charge is 0.353 e. The molecule has 0 aliphatic carbocycles. The van der Waals surface area contributed by atoms with E-state index in [1.54, 1.807) is 30.3 Å². The number of hydrogen-bond donors (Lipinski definition) is 0. The number of rotatable bonds is 5. The lowest BCUT2D eigenvalue weighted by atomic mass is 10.2. The highest BCUT2D eigenvalue weighted by molar-refractivity contribution is 7.85. The molecule has 1 aliphatic heterocycles. The molecule has 1 fully saturated rings. The van der Waals surface area contributed by atoms with Crippen LogP contribution in [0.25, 0.3) is 0 Å². The molecule has 23 heavy (non-hydrogen) atoms. The topological polar surface area (TPSA) is 55.9 Å². The van der Waals surface area contributed by atoms with E-state index in [0.717, 1.165) is 11.8 Å². The Morgan fingerprint density at radius 1 is 1.22 bits per heavy atom. The van der Waals surface area contributed by atoms with Crippen molar-refractivity contribution in [3.63, 3.8) is 0 Å². The van der Waals surface area contributed by atoms with E-state index in [1.165, 1.54) is 12.1 Å². The molecule has 2 aromatic rings. The molecule has 0 aromatic heterocycles. The summed E-state index contributed by atoms with van der Waals surface area (Å²) in [6.07, 6.45) is 0.515. The van der Waals surface area contributed by atoms with Crippen LogP contribution in [-0.2, 0) is 24.6 Å². The second-order valence-corrected chi connectivity index (χ2v) is 7.43. The molecule has 1 saturated heterocycles. The Morgan fingerprint density at radius 3 is 2.48 bits per heavy atom. The monoisotopic (exact) mass is 358 g/mol. The minimum absolute atomic E-state index is 0.201. The van der Waals surface area contributed by atoms with Gasteiger partial charge < -0.3 is 4.74 Å². The van der Waals surface area contributed by atoms with Crippen LogP contribution in [0.5, 0.6) is 0 Å². The van der Waals surface area contributed by atoms with Crippen LogP contribution in [0.1, 0.15) is 17.2 Å². The fourth-order valence-corrected chi connectivity index (χ4v) is 3.14. The normalized spacial score (nSPS) is 23.7. The van der Waals surface area contributed by atoms with Crippen LogP contribution in [0.15, 0.2) is 48.5 Å². The molecule has 1 heterocycles. The van der Waals surface area contributed by atoms with Gasteiger partial charge in [0.2, 0.25) is 0 Å². The SMILES string of the molecule is CS(=O)(=O)OC[14C@]1(c2ccc(F)cc2)O[C@@H]1c1ccccc1Cl. The Hall–Kier alpha value is -1.47. The molecule has 0 saturated carbocycles. The van der Waals surface area contributed by atoms with Crippen LogP contribution >= 0.6 is 11.6 Å². The van der Waals surface area contributed by atoms with Gasteiger partial charge in [-0.3, -0.25) is 4.18 Å². The molecule has 4 nitrogen and oxygen atoms in total. The summed E-state index contributed by atoms with van der Waals surface area (Å²) >= 11 is 6.19. The summed E-state index contributed by atoms with van der Waals surface area (Å²) in [5, 5.41) is 0.515. The molecule has 1 aliphatic rings. The van der Waals surface area contributed by atoms with Gasteiger partial charge >= 0.3 is 0 Å². The fraction of sp³-hybridized carbons (Fsp3) is 0.250. The lowest BCUT2D eigenvalue weighted by molar-refractivity contribution is 0.194. The van der Waals surface area contributed by atoms with Gasteiger partial charge in [-0.05, 0) is 23.8 Å². The fourth-order valence-electron chi connectivity index (χ4n) is 2.52. The first-order valence-electron chi connectivity index (χ1n) is 6.84. The van der Waals surface area contributed by atoms with Crippen molar-refractivity contribution in [1.29, 1.82) is 0 Å². The molecule has 0 spiro atoms. The number of epoxide rings is 1. The van der Waals surface area contributed by atoms with Gasteiger partial charge in [-0.1, -0.05) is 41.9 Å². The first-order valence-corrected chi connectivity index (χ1v) is 9.04. The maximum absolute atomic E-state index is 13.2. The minimum Gasteiger partial charge on any atom is -0.353 e. The van der Waals surface area contributed by atoms with E-state index in [9.17, 15) is 12.8 Å². The average Bonchev–Trinajstić information content (AvgIpc) is 3.21. The van der Waals surface area contributed by atoms with Crippen molar-refractivity contribution in [2.45, 2.75) is 11.7 Å². The second kappa shape index (κ2) is 5.87. The Kier molecular flexibility index (Phi) is 4.18. The van der Waals surface area contributed by atoms with Crippen LogP contribution in [0.3, 0.4) is 0 Å². The highest BCUT2D eigenvalue weighted by Gasteiger charge is 2.60. The zero-order valence-electron chi connectivity index (χ0n) is 12.2. The van der Waals surface area contributed by atoms with E-state index in [2.05, 4.69) is 0 Å². The number of benzene rings is 2. The molecular formula is C16H14ClFO4S. The molecule has 0 amide bonds. The Labute approximate surface area is 138 Å². The summed E-state index contributed by atoms with van der Waals surface area (Å²) in [6.45, 7) is -0.201. The van der Waals surface area contributed by atoms with Gasteiger partial charge in [0.05, 0.1) is 6.26 Å². The van der Waals surface area contributed by atoms with Gasteiger partial charge in [0, 0.05) is 10.6 Å². The third kappa shape index (κ3) is 3.40. The molecule has 3 rings (SSSR count). The number of halogens is 2. The summed E-state index contributed by atoms with van der Waals surface area (Å²) in [5.74, 6) is -0.386. The van der Waals surface area contributed by atoms with E-state index >= 15 is 0 Å². The van der Waals surface area contributed by atoms with Crippen molar-refractivity contribution >= 4 is 21.7 Å². The first-order chi connectivity index (χ1) is 10.8. The maximum atomic E-state index is 13.2. The molecule has 7 heteroatoms. The van der Waals surface area contributed by atoms with Gasteiger partial charge in [-0.25, -0.2) is 4.39 Å². The lowest BCUT2D eigenvalue weighted by Crippen LogP contribution is -2.21. The highest BCUT2D eigenvalue weighted by atomic mass is 35.5. The van der Waals surface area contributed by atoms with Crippen molar-refractivity contribution in [3.8, 4) is 0 Å². The third-order valence-electron chi connectivity index (χ3n) is 3.70. The van der Waals surface area contributed by atoms with Crippen molar-refractivity contribution in [3.05, 3.63) is 70.5 Å². The van der Waals surface area contributed by atoms with Gasteiger partial charge in [0.25, 0.3) is 10.1 Å².